The zero-order valence-corrected chi connectivity index (χ0v) is 11.6. The molecule has 0 aliphatic carbocycles. The number of rotatable bonds is 4. The molecule has 1 fully saturated rings. The molecule has 3 nitrogen and oxygen atoms in total. The van der Waals surface area contributed by atoms with Crippen molar-refractivity contribution in [2.75, 3.05) is 39.3 Å². The van der Waals surface area contributed by atoms with Crippen molar-refractivity contribution in [1.82, 2.24) is 9.80 Å². The van der Waals surface area contributed by atoms with Crippen LogP contribution in [0.4, 0.5) is 0 Å². The van der Waals surface area contributed by atoms with Crippen molar-refractivity contribution in [3.63, 3.8) is 0 Å². The van der Waals surface area contributed by atoms with E-state index in [-0.39, 0.29) is 6.04 Å². The maximum absolute atomic E-state index is 6.31. The predicted octanol–water partition coefficient (Wildman–Crippen LogP) is 1.63. The van der Waals surface area contributed by atoms with Crippen molar-refractivity contribution in [2.45, 2.75) is 19.9 Å². The normalized spacial score (nSPS) is 19.9. The minimum Gasteiger partial charge on any atom is -0.323 e. The number of likely N-dealkylation sites (N-methyl/N-ethyl adjacent to an activating group) is 1. The second-order valence-corrected chi connectivity index (χ2v) is 5.26. The van der Waals surface area contributed by atoms with Gasteiger partial charge in [0, 0.05) is 38.8 Å². The highest BCUT2D eigenvalue weighted by Crippen LogP contribution is 2.14. The maximum atomic E-state index is 6.31. The summed E-state index contributed by atoms with van der Waals surface area (Å²) in [6.45, 7) is 11.1. The van der Waals surface area contributed by atoms with Gasteiger partial charge in [0.25, 0.3) is 0 Å². The summed E-state index contributed by atoms with van der Waals surface area (Å²) in [4.78, 5) is 4.98. The van der Waals surface area contributed by atoms with Gasteiger partial charge in [0.05, 0.1) is 0 Å². The zero-order chi connectivity index (χ0) is 13.0. The summed E-state index contributed by atoms with van der Waals surface area (Å²) in [5.74, 6) is 0. The van der Waals surface area contributed by atoms with E-state index in [0.29, 0.717) is 0 Å². The Hall–Kier alpha value is -0.900. The number of benzene rings is 1. The van der Waals surface area contributed by atoms with E-state index in [9.17, 15) is 0 Å². The Balaban J connectivity index is 1.86. The molecule has 0 saturated carbocycles. The fourth-order valence-corrected chi connectivity index (χ4v) is 2.57. The van der Waals surface area contributed by atoms with Crippen molar-refractivity contribution in [3.8, 4) is 0 Å². The highest BCUT2D eigenvalue weighted by Gasteiger charge is 2.18. The summed E-state index contributed by atoms with van der Waals surface area (Å²) in [5.41, 5.74) is 8.85. The molecule has 1 aliphatic heterocycles. The molecule has 1 aromatic rings. The van der Waals surface area contributed by atoms with Gasteiger partial charge < -0.3 is 10.6 Å². The lowest BCUT2D eigenvalue weighted by molar-refractivity contribution is 0.132. The third-order valence-corrected chi connectivity index (χ3v) is 3.84. The van der Waals surface area contributed by atoms with Gasteiger partial charge in [0.15, 0.2) is 0 Å². The fraction of sp³-hybridized carbons (Fsp3) is 0.600. The fourth-order valence-electron chi connectivity index (χ4n) is 2.57. The summed E-state index contributed by atoms with van der Waals surface area (Å²) in [6.07, 6.45) is 0. The molecule has 3 heteroatoms. The van der Waals surface area contributed by atoms with E-state index >= 15 is 0 Å². The number of hydrogen-bond acceptors (Lipinski definition) is 3. The molecule has 2 N–H and O–H groups in total. The molecule has 1 saturated heterocycles. The van der Waals surface area contributed by atoms with Gasteiger partial charge in [-0.15, -0.1) is 0 Å². The van der Waals surface area contributed by atoms with Crippen LogP contribution in [0.15, 0.2) is 24.3 Å². The lowest BCUT2D eigenvalue weighted by Crippen LogP contribution is -2.48. The van der Waals surface area contributed by atoms with Crippen LogP contribution in [0, 0.1) is 6.92 Å². The highest BCUT2D eigenvalue weighted by molar-refractivity contribution is 5.25. The van der Waals surface area contributed by atoms with Crippen molar-refractivity contribution >= 4 is 0 Å². The quantitative estimate of drug-likeness (QED) is 0.878. The number of nitrogens with two attached hydrogens (primary N) is 1. The molecule has 0 aromatic heterocycles. The van der Waals surface area contributed by atoms with Crippen LogP contribution in [0.3, 0.4) is 0 Å². The van der Waals surface area contributed by atoms with E-state index in [0.717, 1.165) is 26.2 Å². The van der Waals surface area contributed by atoms with Crippen LogP contribution in [-0.2, 0) is 0 Å². The molecule has 1 heterocycles. The molecule has 0 bridgehead atoms. The van der Waals surface area contributed by atoms with Crippen LogP contribution >= 0.6 is 0 Å². The molecule has 100 valence electrons. The molecule has 1 aliphatic rings. The van der Waals surface area contributed by atoms with E-state index in [1.807, 2.05) is 0 Å². The first kappa shape index (κ1) is 13.5. The van der Waals surface area contributed by atoms with E-state index in [2.05, 4.69) is 47.9 Å². The molecule has 0 spiro atoms. The molecular weight excluding hydrogens is 222 g/mol. The van der Waals surface area contributed by atoms with Crippen molar-refractivity contribution in [3.05, 3.63) is 35.4 Å². The zero-order valence-electron chi connectivity index (χ0n) is 11.6. The van der Waals surface area contributed by atoms with Crippen molar-refractivity contribution in [2.24, 2.45) is 5.73 Å². The Labute approximate surface area is 111 Å². The summed E-state index contributed by atoms with van der Waals surface area (Å²) in [7, 11) is 0. The van der Waals surface area contributed by atoms with Crippen molar-refractivity contribution < 1.29 is 0 Å². The number of aryl methyl sites for hydroxylation is 1. The standard InChI is InChI=1S/C15H25N3/c1-3-17-7-9-18(10-8-17)12-15(16)14-6-4-5-13(2)11-14/h4-6,11,15H,3,7-10,12,16H2,1-2H3. The second-order valence-electron chi connectivity index (χ2n) is 5.26. The van der Waals surface area contributed by atoms with E-state index < -0.39 is 0 Å². The van der Waals surface area contributed by atoms with Gasteiger partial charge in [-0.05, 0) is 19.0 Å². The third kappa shape index (κ3) is 3.55. The minimum absolute atomic E-state index is 0.137. The van der Waals surface area contributed by atoms with E-state index in [4.69, 9.17) is 5.73 Å². The van der Waals surface area contributed by atoms with Gasteiger partial charge in [-0.1, -0.05) is 36.8 Å². The van der Waals surface area contributed by atoms with Gasteiger partial charge in [-0.25, -0.2) is 0 Å². The van der Waals surface area contributed by atoms with Crippen LogP contribution in [0.25, 0.3) is 0 Å². The minimum atomic E-state index is 0.137. The molecule has 1 atom stereocenters. The summed E-state index contributed by atoms with van der Waals surface area (Å²) < 4.78 is 0. The van der Waals surface area contributed by atoms with Crippen molar-refractivity contribution in [1.29, 1.82) is 0 Å². The first-order chi connectivity index (χ1) is 8.69. The van der Waals surface area contributed by atoms with E-state index in [1.165, 1.54) is 24.2 Å². The first-order valence-corrected chi connectivity index (χ1v) is 6.96. The summed E-state index contributed by atoms with van der Waals surface area (Å²) in [5, 5.41) is 0. The first-order valence-electron chi connectivity index (χ1n) is 6.96. The second kappa shape index (κ2) is 6.32. The Bertz CT molecular complexity index is 370. The number of piperazine rings is 1. The van der Waals surface area contributed by atoms with Gasteiger partial charge in [-0.2, -0.15) is 0 Å². The Morgan fingerprint density at radius 2 is 1.83 bits per heavy atom. The molecule has 1 aromatic carbocycles. The average molecular weight is 247 g/mol. The van der Waals surface area contributed by atoms with Crippen LogP contribution in [-0.4, -0.2) is 49.1 Å². The topological polar surface area (TPSA) is 32.5 Å². The summed E-state index contributed by atoms with van der Waals surface area (Å²) >= 11 is 0. The molecule has 0 radical (unpaired) electrons. The largest absolute Gasteiger partial charge is 0.323 e. The highest BCUT2D eigenvalue weighted by atomic mass is 15.3. The predicted molar refractivity (Wildman–Crippen MR) is 76.7 cm³/mol. The van der Waals surface area contributed by atoms with Gasteiger partial charge in [-0.3, -0.25) is 4.90 Å². The summed E-state index contributed by atoms with van der Waals surface area (Å²) in [6, 6.07) is 8.70. The molecule has 1 unspecified atom stereocenters. The Morgan fingerprint density at radius 1 is 1.17 bits per heavy atom. The number of nitrogens with zero attached hydrogens (tertiary/aromatic N) is 2. The molecular formula is C15H25N3. The lowest BCUT2D eigenvalue weighted by atomic mass is 10.0. The van der Waals surface area contributed by atoms with Crippen LogP contribution < -0.4 is 5.73 Å². The molecule has 2 rings (SSSR count). The van der Waals surface area contributed by atoms with Crippen LogP contribution in [0.2, 0.25) is 0 Å². The molecule has 18 heavy (non-hydrogen) atoms. The van der Waals surface area contributed by atoms with Gasteiger partial charge >= 0.3 is 0 Å². The monoisotopic (exact) mass is 247 g/mol. The third-order valence-electron chi connectivity index (χ3n) is 3.84. The Kier molecular flexibility index (Phi) is 4.75. The SMILES string of the molecule is CCN1CCN(CC(N)c2cccc(C)c2)CC1. The average Bonchev–Trinajstić information content (AvgIpc) is 2.39. The van der Waals surface area contributed by atoms with Crippen LogP contribution in [0.5, 0.6) is 0 Å². The van der Waals surface area contributed by atoms with E-state index in [1.54, 1.807) is 0 Å². The van der Waals surface area contributed by atoms with Gasteiger partial charge in [0.2, 0.25) is 0 Å². The Morgan fingerprint density at radius 3 is 2.44 bits per heavy atom. The van der Waals surface area contributed by atoms with Crippen LogP contribution in [0.1, 0.15) is 24.1 Å². The maximum Gasteiger partial charge on any atom is 0.0424 e. The molecule has 0 amide bonds. The lowest BCUT2D eigenvalue weighted by Gasteiger charge is -2.35. The van der Waals surface area contributed by atoms with Gasteiger partial charge in [0.1, 0.15) is 0 Å². The number of hydrogen-bond donors (Lipinski definition) is 1. The smallest absolute Gasteiger partial charge is 0.0424 e.